The smallest absolute Gasteiger partial charge is 0.252 e. The molecule has 5 rings (SSSR count). The highest BCUT2D eigenvalue weighted by Gasteiger charge is 2.35. The summed E-state index contributed by atoms with van der Waals surface area (Å²) in [4.78, 5) is 20.2. The van der Waals surface area contributed by atoms with Crippen LogP contribution in [0.2, 0.25) is 0 Å². The molecule has 0 radical (unpaired) electrons. The molecule has 114 valence electrons. The Labute approximate surface area is 134 Å². The Kier molecular flexibility index (Phi) is 3.68. The van der Waals surface area contributed by atoms with Crippen LogP contribution < -0.4 is 5.32 Å². The van der Waals surface area contributed by atoms with Gasteiger partial charge in [-0.1, -0.05) is 6.07 Å². The highest BCUT2D eigenvalue weighted by Crippen LogP contribution is 2.29. The molecule has 3 fully saturated rings. The molecule has 4 nitrogen and oxygen atoms in total. The molecule has 22 heavy (non-hydrogen) atoms. The monoisotopic (exact) mass is 313 g/mol. The number of hydrogen-bond acceptors (Lipinski definition) is 4. The molecule has 2 aromatic rings. The Morgan fingerprint density at radius 2 is 2.23 bits per heavy atom. The van der Waals surface area contributed by atoms with E-state index in [0.717, 1.165) is 22.5 Å². The maximum absolute atomic E-state index is 12.5. The summed E-state index contributed by atoms with van der Waals surface area (Å²) in [5, 5.41) is 5.19. The lowest BCUT2D eigenvalue weighted by Crippen LogP contribution is -2.57. The molecule has 1 amide bonds. The van der Waals surface area contributed by atoms with E-state index >= 15 is 0 Å². The summed E-state index contributed by atoms with van der Waals surface area (Å²) in [7, 11) is 0. The van der Waals surface area contributed by atoms with Crippen molar-refractivity contribution >= 4 is 17.2 Å². The van der Waals surface area contributed by atoms with Crippen LogP contribution in [0.4, 0.5) is 0 Å². The summed E-state index contributed by atoms with van der Waals surface area (Å²) in [6.07, 6.45) is 6.03. The van der Waals surface area contributed by atoms with E-state index < -0.39 is 0 Å². The zero-order valence-electron chi connectivity index (χ0n) is 12.4. The SMILES string of the molecule is O=C(NC1CN2CCC1CC2)c1csc(-c2cccnc2)c1. The molecule has 0 aliphatic carbocycles. The summed E-state index contributed by atoms with van der Waals surface area (Å²) in [5.41, 5.74) is 1.83. The lowest BCUT2D eigenvalue weighted by atomic mass is 9.84. The number of piperidine rings is 3. The number of nitrogens with one attached hydrogen (secondary N) is 1. The number of amides is 1. The Morgan fingerprint density at radius 3 is 2.91 bits per heavy atom. The molecule has 3 saturated heterocycles. The van der Waals surface area contributed by atoms with E-state index in [-0.39, 0.29) is 5.91 Å². The van der Waals surface area contributed by atoms with Gasteiger partial charge in [-0.05, 0) is 44.0 Å². The number of carbonyl (C=O) groups excluding carboxylic acids is 1. The molecule has 2 aromatic heterocycles. The van der Waals surface area contributed by atoms with Crippen molar-refractivity contribution in [2.75, 3.05) is 19.6 Å². The van der Waals surface area contributed by atoms with Gasteiger partial charge >= 0.3 is 0 Å². The van der Waals surface area contributed by atoms with Gasteiger partial charge in [-0.3, -0.25) is 9.78 Å². The van der Waals surface area contributed by atoms with Gasteiger partial charge in [-0.15, -0.1) is 11.3 Å². The number of thiophene rings is 1. The molecule has 3 aliphatic heterocycles. The number of nitrogens with zero attached hydrogens (tertiary/aromatic N) is 2. The van der Waals surface area contributed by atoms with Crippen LogP contribution in [0.3, 0.4) is 0 Å². The second-order valence-corrected chi connectivity index (χ2v) is 7.07. The van der Waals surface area contributed by atoms with Crippen molar-refractivity contribution in [3.8, 4) is 10.4 Å². The molecule has 1 N–H and O–H groups in total. The van der Waals surface area contributed by atoms with Gasteiger partial charge in [0.25, 0.3) is 5.91 Å². The molecule has 3 aliphatic rings. The lowest BCUT2D eigenvalue weighted by Gasteiger charge is -2.44. The number of hydrogen-bond donors (Lipinski definition) is 1. The van der Waals surface area contributed by atoms with Crippen LogP contribution in [0.15, 0.2) is 36.0 Å². The molecule has 1 unspecified atom stereocenters. The van der Waals surface area contributed by atoms with Crippen molar-refractivity contribution in [1.29, 1.82) is 0 Å². The first-order valence-electron chi connectivity index (χ1n) is 7.82. The molecule has 0 aromatic carbocycles. The normalized spacial score (nSPS) is 26.8. The van der Waals surface area contributed by atoms with Crippen LogP contribution in [0.5, 0.6) is 0 Å². The van der Waals surface area contributed by atoms with E-state index in [1.165, 1.54) is 25.9 Å². The van der Waals surface area contributed by atoms with Gasteiger partial charge in [0.2, 0.25) is 0 Å². The van der Waals surface area contributed by atoms with Gasteiger partial charge in [0.05, 0.1) is 5.56 Å². The number of pyridine rings is 1. The lowest BCUT2D eigenvalue weighted by molar-refractivity contribution is 0.0620. The summed E-state index contributed by atoms with van der Waals surface area (Å²) in [5.74, 6) is 0.718. The maximum Gasteiger partial charge on any atom is 0.252 e. The first-order chi connectivity index (χ1) is 10.8. The zero-order chi connectivity index (χ0) is 14.9. The predicted molar refractivity (Wildman–Crippen MR) is 88.0 cm³/mol. The number of aromatic nitrogens is 1. The number of fused-ring (bicyclic) bond motifs is 3. The van der Waals surface area contributed by atoms with Gasteiger partial charge in [-0.25, -0.2) is 0 Å². The van der Waals surface area contributed by atoms with Crippen molar-refractivity contribution in [3.63, 3.8) is 0 Å². The molecular weight excluding hydrogens is 294 g/mol. The van der Waals surface area contributed by atoms with Crippen molar-refractivity contribution < 1.29 is 4.79 Å². The Bertz CT molecular complexity index is 662. The Morgan fingerprint density at radius 1 is 1.36 bits per heavy atom. The summed E-state index contributed by atoms with van der Waals surface area (Å²) < 4.78 is 0. The van der Waals surface area contributed by atoms with Crippen molar-refractivity contribution in [2.45, 2.75) is 18.9 Å². The molecule has 2 bridgehead atoms. The highest BCUT2D eigenvalue weighted by atomic mass is 32.1. The number of rotatable bonds is 3. The van der Waals surface area contributed by atoms with Gasteiger partial charge in [0.1, 0.15) is 0 Å². The third kappa shape index (κ3) is 2.66. The van der Waals surface area contributed by atoms with E-state index in [2.05, 4.69) is 15.2 Å². The molecule has 5 heteroatoms. The fourth-order valence-corrected chi connectivity index (χ4v) is 4.38. The topological polar surface area (TPSA) is 45.2 Å². The fraction of sp³-hybridized carbons (Fsp3) is 0.412. The zero-order valence-corrected chi connectivity index (χ0v) is 13.2. The summed E-state index contributed by atoms with van der Waals surface area (Å²) >= 11 is 1.60. The van der Waals surface area contributed by atoms with E-state index in [4.69, 9.17) is 0 Å². The van der Waals surface area contributed by atoms with E-state index in [0.29, 0.717) is 12.0 Å². The molecule has 1 atom stereocenters. The maximum atomic E-state index is 12.5. The third-order valence-corrected chi connectivity index (χ3v) is 5.76. The summed E-state index contributed by atoms with van der Waals surface area (Å²) in [6, 6.07) is 6.23. The quantitative estimate of drug-likeness (QED) is 0.947. The van der Waals surface area contributed by atoms with Crippen molar-refractivity contribution in [2.24, 2.45) is 5.92 Å². The van der Waals surface area contributed by atoms with Crippen molar-refractivity contribution in [3.05, 3.63) is 41.5 Å². The van der Waals surface area contributed by atoms with Crippen molar-refractivity contribution in [1.82, 2.24) is 15.2 Å². The minimum absolute atomic E-state index is 0.0603. The summed E-state index contributed by atoms with van der Waals surface area (Å²) in [6.45, 7) is 3.40. The Hall–Kier alpha value is -1.72. The molecule has 0 saturated carbocycles. The van der Waals surface area contributed by atoms with Crippen LogP contribution in [-0.2, 0) is 0 Å². The average molecular weight is 313 g/mol. The second kappa shape index (κ2) is 5.82. The molecular formula is C17H19N3OS. The van der Waals surface area contributed by atoms with Crippen LogP contribution in [-0.4, -0.2) is 41.5 Å². The van der Waals surface area contributed by atoms with Crippen LogP contribution in [0, 0.1) is 5.92 Å². The Balaban J connectivity index is 1.46. The third-order valence-electron chi connectivity index (χ3n) is 4.78. The minimum atomic E-state index is 0.0603. The highest BCUT2D eigenvalue weighted by molar-refractivity contribution is 7.13. The number of carbonyl (C=O) groups is 1. The van der Waals surface area contributed by atoms with Crippen LogP contribution >= 0.6 is 11.3 Å². The first-order valence-corrected chi connectivity index (χ1v) is 8.70. The molecule has 5 heterocycles. The largest absolute Gasteiger partial charge is 0.348 e. The fourth-order valence-electron chi connectivity index (χ4n) is 3.50. The standard InChI is InChI=1S/C17H19N3OS/c21-17(19-15-10-20-6-3-12(15)4-7-20)14-8-16(22-11-14)13-2-1-5-18-9-13/h1-2,5,8-9,11-12,15H,3-4,6-7,10H2,(H,19,21). The van der Waals surface area contributed by atoms with Gasteiger partial charge < -0.3 is 10.2 Å². The predicted octanol–water partition coefficient (Wildman–Crippen LogP) is 2.63. The first kappa shape index (κ1) is 13.9. The van der Waals surface area contributed by atoms with Gasteiger partial charge in [0, 0.05) is 40.8 Å². The van der Waals surface area contributed by atoms with Gasteiger partial charge in [0.15, 0.2) is 0 Å². The average Bonchev–Trinajstić information content (AvgIpc) is 3.07. The van der Waals surface area contributed by atoms with Gasteiger partial charge in [-0.2, -0.15) is 0 Å². The molecule has 0 spiro atoms. The second-order valence-electron chi connectivity index (χ2n) is 6.16. The van der Waals surface area contributed by atoms with Crippen LogP contribution in [0.1, 0.15) is 23.2 Å². The van der Waals surface area contributed by atoms with E-state index in [9.17, 15) is 4.79 Å². The van der Waals surface area contributed by atoms with E-state index in [1.807, 2.05) is 29.8 Å². The van der Waals surface area contributed by atoms with E-state index in [1.54, 1.807) is 17.5 Å². The minimum Gasteiger partial charge on any atom is -0.348 e. The van der Waals surface area contributed by atoms with Crippen LogP contribution in [0.25, 0.3) is 10.4 Å².